The van der Waals surface area contributed by atoms with E-state index < -0.39 is 0 Å². The number of benzene rings is 1. The van der Waals surface area contributed by atoms with E-state index in [1.54, 1.807) is 0 Å². The molecule has 1 saturated carbocycles. The third-order valence-corrected chi connectivity index (χ3v) is 3.80. The molecular weight excluding hydrogens is 252 g/mol. The first-order chi connectivity index (χ1) is 9.69. The number of hydrogen-bond donors (Lipinski definition) is 2. The zero-order valence-corrected chi connectivity index (χ0v) is 12.3. The quantitative estimate of drug-likeness (QED) is 0.868. The molecule has 1 aliphatic rings. The Labute approximate surface area is 120 Å². The highest BCUT2D eigenvalue weighted by Gasteiger charge is 2.24. The molecule has 0 spiro atoms. The molecule has 1 amide bonds. The molecule has 2 N–H and O–H groups in total. The van der Waals surface area contributed by atoms with E-state index in [1.165, 1.54) is 12.8 Å². The van der Waals surface area contributed by atoms with Crippen LogP contribution in [-0.4, -0.2) is 31.7 Å². The monoisotopic (exact) mass is 276 g/mol. The standard InChI is InChI=1S/C16H24N2O2/c1-12-6-5-7-13(10-12)18-16(19)11-20-15-9-4-3-8-14(15)17-2/h5-7,10,14-15,17H,3-4,8-9,11H2,1-2H3,(H,18,19). The highest BCUT2D eigenvalue weighted by Crippen LogP contribution is 2.21. The Morgan fingerprint density at radius 2 is 2.15 bits per heavy atom. The summed E-state index contributed by atoms with van der Waals surface area (Å²) in [6.45, 7) is 2.13. The fourth-order valence-corrected chi connectivity index (χ4v) is 2.73. The number of nitrogens with one attached hydrogen (secondary N) is 2. The van der Waals surface area contributed by atoms with E-state index in [9.17, 15) is 4.79 Å². The number of ether oxygens (including phenoxy) is 1. The van der Waals surface area contributed by atoms with Crippen LogP contribution in [0.5, 0.6) is 0 Å². The Morgan fingerprint density at radius 3 is 2.90 bits per heavy atom. The van der Waals surface area contributed by atoms with Gasteiger partial charge in [-0.05, 0) is 44.5 Å². The molecule has 0 aliphatic heterocycles. The minimum atomic E-state index is -0.0870. The van der Waals surface area contributed by atoms with E-state index in [0.717, 1.165) is 24.1 Å². The summed E-state index contributed by atoms with van der Waals surface area (Å²) >= 11 is 0. The predicted octanol–water partition coefficient (Wildman–Crippen LogP) is 2.48. The van der Waals surface area contributed by atoms with Crippen LogP contribution in [0.2, 0.25) is 0 Å². The third-order valence-electron chi connectivity index (χ3n) is 3.80. The molecule has 0 heterocycles. The topological polar surface area (TPSA) is 50.4 Å². The van der Waals surface area contributed by atoms with Gasteiger partial charge in [-0.25, -0.2) is 0 Å². The van der Waals surface area contributed by atoms with E-state index >= 15 is 0 Å². The molecular formula is C16H24N2O2. The summed E-state index contributed by atoms with van der Waals surface area (Å²) < 4.78 is 5.78. The Hall–Kier alpha value is -1.39. The number of rotatable bonds is 5. The van der Waals surface area contributed by atoms with E-state index in [1.807, 2.05) is 38.2 Å². The SMILES string of the molecule is CNC1CCCCC1OCC(=O)Nc1cccc(C)c1. The van der Waals surface area contributed by atoms with Gasteiger partial charge in [-0.2, -0.15) is 0 Å². The average Bonchev–Trinajstić information content (AvgIpc) is 2.45. The third kappa shape index (κ3) is 4.32. The van der Waals surface area contributed by atoms with Crippen LogP contribution in [0.4, 0.5) is 5.69 Å². The van der Waals surface area contributed by atoms with Crippen molar-refractivity contribution in [1.29, 1.82) is 0 Å². The van der Waals surface area contributed by atoms with Crippen molar-refractivity contribution < 1.29 is 9.53 Å². The summed E-state index contributed by atoms with van der Waals surface area (Å²) in [5.74, 6) is -0.0870. The summed E-state index contributed by atoms with van der Waals surface area (Å²) in [7, 11) is 1.96. The van der Waals surface area contributed by atoms with Crippen molar-refractivity contribution >= 4 is 11.6 Å². The summed E-state index contributed by atoms with van der Waals surface area (Å²) in [6, 6.07) is 8.16. The normalized spacial score (nSPS) is 22.5. The van der Waals surface area contributed by atoms with Crippen LogP contribution < -0.4 is 10.6 Å². The van der Waals surface area contributed by atoms with Gasteiger partial charge in [0.1, 0.15) is 6.61 Å². The first-order valence-corrected chi connectivity index (χ1v) is 7.34. The van der Waals surface area contributed by atoms with Crippen molar-refractivity contribution in [3.05, 3.63) is 29.8 Å². The van der Waals surface area contributed by atoms with Crippen molar-refractivity contribution in [2.24, 2.45) is 0 Å². The van der Waals surface area contributed by atoms with Gasteiger partial charge in [0, 0.05) is 11.7 Å². The van der Waals surface area contributed by atoms with Crippen LogP contribution in [-0.2, 0) is 9.53 Å². The van der Waals surface area contributed by atoms with Crippen LogP contribution in [0.3, 0.4) is 0 Å². The number of likely N-dealkylation sites (N-methyl/N-ethyl adjacent to an activating group) is 1. The number of amides is 1. The van der Waals surface area contributed by atoms with Gasteiger partial charge in [0.15, 0.2) is 0 Å². The second-order valence-electron chi connectivity index (χ2n) is 5.45. The Morgan fingerprint density at radius 1 is 1.35 bits per heavy atom. The molecule has 1 aromatic rings. The molecule has 2 atom stereocenters. The first kappa shape index (κ1) is 15.0. The first-order valence-electron chi connectivity index (χ1n) is 7.34. The minimum Gasteiger partial charge on any atom is -0.367 e. The molecule has 0 radical (unpaired) electrons. The highest BCUT2D eigenvalue weighted by molar-refractivity contribution is 5.91. The fraction of sp³-hybridized carbons (Fsp3) is 0.562. The van der Waals surface area contributed by atoms with Crippen LogP contribution >= 0.6 is 0 Å². The second kappa shape index (κ2) is 7.41. The zero-order chi connectivity index (χ0) is 14.4. The van der Waals surface area contributed by atoms with Crippen molar-refractivity contribution in [2.45, 2.75) is 44.8 Å². The van der Waals surface area contributed by atoms with Gasteiger partial charge in [0.05, 0.1) is 6.10 Å². The molecule has 110 valence electrons. The molecule has 1 aromatic carbocycles. The van der Waals surface area contributed by atoms with Gasteiger partial charge in [-0.3, -0.25) is 4.79 Å². The minimum absolute atomic E-state index is 0.0870. The molecule has 1 fully saturated rings. The number of hydrogen-bond acceptors (Lipinski definition) is 3. The van der Waals surface area contributed by atoms with E-state index in [4.69, 9.17) is 4.74 Å². The maximum atomic E-state index is 11.9. The lowest BCUT2D eigenvalue weighted by atomic mass is 9.92. The maximum Gasteiger partial charge on any atom is 0.250 e. The Balaban J connectivity index is 1.79. The van der Waals surface area contributed by atoms with E-state index in [0.29, 0.717) is 6.04 Å². The molecule has 2 rings (SSSR count). The number of anilines is 1. The van der Waals surface area contributed by atoms with Gasteiger partial charge in [0.25, 0.3) is 0 Å². The molecule has 20 heavy (non-hydrogen) atoms. The van der Waals surface area contributed by atoms with Gasteiger partial charge in [0.2, 0.25) is 5.91 Å². The molecule has 0 bridgehead atoms. The Kier molecular flexibility index (Phi) is 5.56. The molecule has 2 unspecified atom stereocenters. The smallest absolute Gasteiger partial charge is 0.250 e. The summed E-state index contributed by atoms with van der Waals surface area (Å²) in [5, 5.41) is 6.15. The lowest BCUT2D eigenvalue weighted by Gasteiger charge is -2.30. The van der Waals surface area contributed by atoms with Crippen molar-refractivity contribution in [1.82, 2.24) is 5.32 Å². The fourth-order valence-electron chi connectivity index (χ4n) is 2.73. The summed E-state index contributed by atoms with van der Waals surface area (Å²) in [4.78, 5) is 11.9. The van der Waals surface area contributed by atoms with Crippen molar-refractivity contribution in [3.63, 3.8) is 0 Å². The summed E-state index contributed by atoms with van der Waals surface area (Å²) in [5.41, 5.74) is 1.96. The molecule has 4 nitrogen and oxygen atoms in total. The number of carbonyl (C=O) groups excluding carboxylic acids is 1. The van der Waals surface area contributed by atoms with Crippen LogP contribution in [0, 0.1) is 6.92 Å². The summed E-state index contributed by atoms with van der Waals surface area (Å²) in [6.07, 6.45) is 4.73. The highest BCUT2D eigenvalue weighted by atomic mass is 16.5. The second-order valence-corrected chi connectivity index (χ2v) is 5.45. The largest absolute Gasteiger partial charge is 0.367 e. The van der Waals surface area contributed by atoms with Gasteiger partial charge in [-0.1, -0.05) is 25.0 Å². The van der Waals surface area contributed by atoms with Crippen molar-refractivity contribution in [2.75, 3.05) is 19.0 Å². The average molecular weight is 276 g/mol. The van der Waals surface area contributed by atoms with Crippen LogP contribution in [0.25, 0.3) is 0 Å². The van der Waals surface area contributed by atoms with Crippen molar-refractivity contribution in [3.8, 4) is 0 Å². The van der Waals surface area contributed by atoms with Gasteiger partial charge in [-0.15, -0.1) is 0 Å². The molecule has 0 saturated heterocycles. The van der Waals surface area contributed by atoms with Crippen LogP contribution in [0.15, 0.2) is 24.3 Å². The van der Waals surface area contributed by atoms with E-state index in [-0.39, 0.29) is 18.6 Å². The van der Waals surface area contributed by atoms with E-state index in [2.05, 4.69) is 10.6 Å². The zero-order valence-electron chi connectivity index (χ0n) is 12.3. The van der Waals surface area contributed by atoms with Gasteiger partial charge < -0.3 is 15.4 Å². The lowest BCUT2D eigenvalue weighted by Crippen LogP contribution is -2.42. The molecule has 0 aromatic heterocycles. The number of aryl methyl sites for hydroxylation is 1. The Bertz CT molecular complexity index is 448. The maximum absolute atomic E-state index is 11.9. The van der Waals surface area contributed by atoms with Crippen LogP contribution in [0.1, 0.15) is 31.2 Å². The molecule has 4 heteroatoms. The lowest BCUT2D eigenvalue weighted by molar-refractivity contribution is -0.123. The van der Waals surface area contributed by atoms with Gasteiger partial charge >= 0.3 is 0 Å². The molecule has 1 aliphatic carbocycles. The predicted molar refractivity (Wildman–Crippen MR) is 80.9 cm³/mol. The number of carbonyl (C=O) groups is 1.